The highest BCUT2D eigenvalue weighted by Gasteiger charge is 2.14. The van der Waals surface area contributed by atoms with E-state index in [4.69, 9.17) is 10.8 Å². The quantitative estimate of drug-likeness (QED) is 0.615. The molecule has 0 aliphatic rings. The monoisotopic (exact) mass is 215 g/mol. The molecule has 0 spiro atoms. The van der Waals surface area contributed by atoms with E-state index in [0.717, 1.165) is 0 Å². The second-order valence-corrected chi connectivity index (χ2v) is 3.25. The van der Waals surface area contributed by atoms with Crippen LogP contribution in [0.2, 0.25) is 0 Å². The Morgan fingerprint density at radius 2 is 2.43 bits per heavy atom. The molecule has 1 aromatic heterocycles. The molecule has 76 valence electrons. The summed E-state index contributed by atoms with van der Waals surface area (Å²) in [6, 6.07) is -1.09. The van der Waals surface area contributed by atoms with E-state index in [2.05, 4.69) is 10.3 Å². The molecule has 1 atom stereocenters. The zero-order chi connectivity index (χ0) is 10.6. The highest BCUT2D eigenvalue weighted by Crippen LogP contribution is 1.99. The largest absolute Gasteiger partial charge is 0.480 e. The van der Waals surface area contributed by atoms with Crippen LogP contribution < -0.4 is 11.1 Å². The molecule has 1 aromatic rings. The van der Waals surface area contributed by atoms with E-state index in [0.29, 0.717) is 0 Å². The number of carbonyl (C=O) groups excluding carboxylic acids is 1. The Hall–Kier alpha value is -1.47. The molecule has 1 heterocycles. The molecule has 0 radical (unpaired) electrons. The van der Waals surface area contributed by atoms with Crippen molar-refractivity contribution in [2.45, 2.75) is 6.04 Å². The molecule has 7 heteroatoms. The fourth-order valence-corrected chi connectivity index (χ4v) is 1.24. The minimum atomic E-state index is -1.15. The SMILES string of the molecule is N[C@@H](CNC(=O)c1cscn1)C(=O)O. The molecule has 0 aliphatic heterocycles. The molecule has 0 aromatic carbocycles. The summed E-state index contributed by atoms with van der Waals surface area (Å²) >= 11 is 1.29. The summed E-state index contributed by atoms with van der Waals surface area (Å²) in [7, 11) is 0. The zero-order valence-corrected chi connectivity index (χ0v) is 7.95. The van der Waals surface area contributed by atoms with Gasteiger partial charge in [0.25, 0.3) is 5.91 Å². The van der Waals surface area contributed by atoms with Crippen molar-refractivity contribution in [1.29, 1.82) is 0 Å². The van der Waals surface area contributed by atoms with Crippen LogP contribution in [0, 0.1) is 0 Å². The maximum Gasteiger partial charge on any atom is 0.322 e. The summed E-state index contributed by atoms with van der Waals surface area (Å²) in [5, 5.41) is 12.4. The fraction of sp³-hybridized carbons (Fsp3) is 0.286. The van der Waals surface area contributed by atoms with Crippen molar-refractivity contribution in [3.05, 3.63) is 16.6 Å². The predicted molar refractivity (Wildman–Crippen MR) is 50.1 cm³/mol. The summed E-state index contributed by atoms with van der Waals surface area (Å²) in [6.45, 7) is -0.105. The number of rotatable bonds is 4. The second kappa shape index (κ2) is 4.68. The number of hydrogen-bond donors (Lipinski definition) is 3. The highest BCUT2D eigenvalue weighted by atomic mass is 32.1. The lowest BCUT2D eigenvalue weighted by atomic mass is 10.3. The molecule has 0 aliphatic carbocycles. The zero-order valence-electron chi connectivity index (χ0n) is 7.14. The minimum absolute atomic E-state index is 0.105. The van der Waals surface area contributed by atoms with Crippen LogP contribution in [0.15, 0.2) is 10.9 Å². The summed E-state index contributed by atoms with van der Waals surface area (Å²) in [6.07, 6.45) is 0. The van der Waals surface area contributed by atoms with Gasteiger partial charge in [0, 0.05) is 11.9 Å². The lowest BCUT2D eigenvalue weighted by molar-refractivity contribution is -0.138. The Kier molecular flexibility index (Phi) is 3.55. The number of carbonyl (C=O) groups is 2. The number of nitrogens with zero attached hydrogens (tertiary/aromatic N) is 1. The van der Waals surface area contributed by atoms with Gasteiger partial charge in [-0.05, 0) is 0 Å². The van der Waals surface area contributed by atoms with Gasteiger partial charge in [-0.1, -0.05) is 0 Å². The average Bonchev–Trinajstić information content (AvgIpc) is 2.66. The van der Waals surface area contributed by atoms with E-state index < -0.39 is 17.9 Å². The topological polar surface area (TPSA) is 105 Å². The molecule has 1 amide bonds. The first-order chi connectivity index (χ1) is 6.61. The molecule has 0 fully saturated rings. The molecule has 0 saturated carbocycles. The summed E-state index contributed by atoms with van der Waals surface area (Å²) < 4.78 is 0. The molecule has 0 unspecified atom stereocenters. The van der Waals surface area contributed by atoms with Crippen LogP contribution in [-0.4, -0.2) is 34.6 Å². The maximum absolute atomic E-state index is 11.2. The standard InChI is InChI=1S/C7H9N3O3S/c8-4(7(12)13)1-9-6(11)5-2-14-3-10-5/h2-4H,1,8H2,(H,9,11)(H,12,13)/t4-/m0/s1. The third-order valence-corrected chi connectivity index (χ3v) is 2.05. The summed E-state index contributed by atoms with van der Waals surface area (Å²) in [5.74, 6) is -1.56. The lowest BCUT2D eigenvalue weighted by Gasteiger charge is -2.06. The van der Waals surface area contributed by atoms with E-state index in [-0.39, 0.29) is 12.2 Å². The molecule has 0 saturated heterocycles. The minimum Gasteiger partial charge on any atom is -0.480 e. The van der Waals surface area contributed by atoms with Crippen molar-refractivity contribution in [2.24, 2.45) is 5.73 Å². The van der Waals surface area contributed by atoms with Crippen LogP contribution >= 0.6 is 11.3 Å². The van der Waals surface area contributed by atoms with Gasteiger partial charge < -0.3 is 16.2 Å². The van der Waals surface area contributed by atoms with Gasteiger partial charge >= 0.3 is 5.97 Å². The van der Waals surface area contributed by atoms with Crippen molar-refractivity contribution in [2.75, 3.05) is 6.54 Å². The summed E-state index contributed by atoms with van der Waals surface area (Å²) in [4.78, 5) is 25.3. The van der Waals surface area contributed by atoms with Crippen LogP contribution in [0.25, 0.3) is 0 Å². The number of aromatic nitrogens is 1. The van der Waals surface area contributed by atoms with E-state index in [1.807, 2.05) is 0 Å². The van der Waals surface area contributed by atoms with Crippen LogP contribution in [0.5, 0.6) is 0 Å². The predicted octanol–water partition coefficient (Wildman–Crippen LogP) is -0.715. The second-order valence-electron chi connectivity index (χ2n) is 2.53. The molecule has 1 rings (SSSR count). The Morgan fingerprint density at radius 1 is 1.71 bits per heavy atom. The van der Waals surface area contributed by atoms with E-state index in [1.54, 1.807) is 5.38 Å². The van der Waals surface area contributed by atoms with Crippen LogP contribution in [0.4, 0.5) is 0 Å². The van der Waals surface area contributed by atoms with Gasteiger partial charge in [0.05, 0.1) is 5.51 Å². The van der Waals surface area contributed by atoms with Crippen molar-refractivity contribution in [3.8, 4) is 0 Å². The number of amides is 1. The van der Waals surface area contributed by atoms with Crippen LogP contribution in [-0.2, 0) is 4.79 Å². The number of carboxylic acids is 1. The van der Waals surface area contributed by atoms with Gasteiger partial charge in [0.2, 0.25) is 0 Å². The van der Waals surface area contributed by atoms with E-state index >= 15 is 0 Å². The molecule has 4 N–H and O–H groups in total. The van der Waals surface area contributed by atoms with Crippen molar-refractivity contribution in [1.82, 2.24) is 10.3 Å². The Balaban J connectivity index is 2.40. The maximum atomic E-state index is 11.2. The number of hydrogen-bond acceptors (Lipinski definition) is 5. The van der Waals surface area contributed by atoms with Gasteiger partial charge in [0.1, 0.15) is 11.7 Å². The van der Waals surface area contributed by atoms with Gasteiger partial charge in [-0.2, -0.15) is 0 Å². The number of nitrogens with one attached hydrogen (secondary N) is 1. The van der Waals surface area contributed by atoms with E-state index in [1.165, 1.54) is 16.8 Å². The number of nitrogens with two attached hydrogens (primary N) is 1. The van der Waals surface area contributed by atoms with Gasteiger partial charge in [-0.15, -0.1) is 11.3 Å². The van der Waals surface area contributed by atoms with Crippen molar-refractivity contribution in [3.63, 3.8) is 0 Å². The highest BCUT2D eigenvalue weighted by molar-refractivity contribution is 7.07. The average molecular weight is 215 g/mol. The van der Waals surface area contributed by atoms with Gasteiger partial charge in [0.15, 0.2) is 0 Å². The molecule has 14 heavy (non-hydrogen) atoms. The third kappa shape index (κ3) is 2.79. The van der Waals surface area contributed by atoms with Crippen LogP contribution in [0.3, 0.4) is 0 Å². The first-order valence-electron chi connectivity index (χ1n) is 3.76. The summed E-state index contributed by atoms with van der Waals surface area (Å²) in [5.41, 5.74) is 6.98. The normalized spacial score (nSPS) is 12.1. The Bertz CT molecular complexity index is 325. The first kappa shape index (κ1) is 10.6. The molecular weight excluding hydrogens is 206 g/mol. The smallest absolute Gasteiger partial charge is 0.322 e. The number of carboxylic acid groups (broad SMARTS) is 1. The fourth-order valence-electron chi connectivity index (χ4n) is 0.705. The van der Waals surface area contributed by atoms with E-state index in [9.17, 15) is 9.59 Å². The lowest BCUT2D eigenvalue weighted by Crippen LogP contribution is -2.42. The molecular formula is C7H9N3O3S. The van der Waals surface area contributed by atoms with Crippen molar-refractivity contribution < 1.29 is 14.7 Å². The number of aliphatic carboxylic acids is 1. The third-order valence-electron chi connectivity index (χ3n) is 1.46. The molecule has 6 nitrogen and oxygen atoms in total. The van der Waals surface area contributed by atoms with Crippen molar-refractivity contribution >= 4 is 23.2 Å². The number of thiazole rings is 1. The molecule has 0 bridgehead atoms. The van der Waals surface area contributed by atoms with Crippen LogP contribution in [0.1, 0.15) is 10.5 Å². The van der Waals surface area contributed by atoms with Gasteiger partial charge in [-0.25, -0.2) is 4.98 Å². The first-order valence-corrected chi connectivity index (χ1v) is 4.70. The Labute approximate surface area is 83.8 Å². The Morgan fingerprint density at radius 3 is 2.93 bits per heavy atom. The van der Waals surface area contributed by atoms with Gasteiger partial charge in [-0.3, -0.25) is 9.59 Å².